The zero-order valence-electron chi connectivity index (χ0n) is 18.6. The minimum Gasteiger partial charge on any atom is -0.384 e. The van der Waals surface area contributed by atoms with Gasteiger partial charge >= 0.3 is 0 Å². The van der Waals surface area contributed by atoms with Gasteiger partial charge in [0.25, 0.3) is 0 Å². The van der Waals surface area contributed by atoms with Crippen LogP contribution in [0, 0.1) is 17.3 Å². The minimum atomic E-state index is 0.573. The number of fused-ring (bicyclic) bond motifs is 1. The molecular formula is C27H37ClN2. The molecule has 3 heteroatoms. The molecule has 1 N–H and O–H groups in total. The van der Waals surface area contributed by atoms with Gasteiger partial charge in [0.15, 0.2) is 0 Å². The van der Waals surface area contributed by atoms with E-state index in [0.717, 1.165) is 28.9 Å². The van der Waals surface area contributed by atoms with Gasteiger partial charge in [-0.15, -0.1) is 0 Å². The van der Waals surface area contributed by atoms with Crippen molar-refractivity contribution in [1.82, 2.24) is 4.98 Å². The van der Waals surface area contributed by atoms with Crippen molar-refractivity contribution in [1.29, 1.82) is 0 Å². The quantitative estimate of drug-likeness (QED) is 0.503. The molecular weight excluding hydrogens is 388 g/mol. The molecule has 1 heterocycles. The predicted octanol–water partition coefficient (Wildman–Crippen LogP) is 8.34. The van der Waals surface area contributed by atoms with Gasteiger partial charge in [-0.1, -0.05) is 50.6 Å². The standard InChI is InChI=1S/C27H37ClN2/c1-2-27(20-10-5-6-11-20)15-7-12-21(27)18-29-25-17-24(19-8-3-4-9-19)30-26-16-22(28)13-14-23(25)26/h13-14,16-17,19-21H,2-12,15,18H2,1H3,(H,29,30). The molecule has 2 nitrogen and oxygen atoms in total. The van der Waals surface area contributed by atoms with Gasteiger partial charge in [0.2, 0.25) is 0 Å². The van der Waals surface area contributed by atoms with Crippen LogP contribution in [0.1, 0.15) is 95.6 Å². The summed E-state index contributed by atoms with van der Waals surface area (Å²) in [6.45, 7) is 3.56. The summed E-state index contributed by atoms with van der Waals surface area (Å²) in [6, 6.07) is 8.58. The number of halogens is 1. The summed E-state index contributed by atoms with van der Waals surface area (Å²) in [7, 11) is 0. The van der Waals surface area contributed by atoms with Crippen LogP contribution in [-0.2, 0) is 0 Å². The Morgan fingerprint density at radius 1 is 1.00 bits per heavy atom. The third-order valence-corrected chi connectivity index (χ3v) is 9.17. The van der Waals surface area contributed by atoms with Crippen LogP contribution in [0.15, 0.2) is 24.3 Å². The van der Waals surface area contributed by atoms with Crippen LogP contribution >= 0.6 is 11.6 Å². The van der Waals surface area contributed by atoms with Gasteiger partial charge < -0.3 is 5.32 Å². The summed E-state index contributed by atoms with van der Waals surface area (Å²) in [5.74, 6) is 2.38. The summed E-state index contributed by atoms with van der Waals surface area (Å²) in [5, 5.41) is 5.95. The maximum absolute atomic E-state index is 6.33. The number of benzene rings is 1. The highest BCUT2D eigenvalue weighted by Crippen LogP contribution is 2.56. The molecule has 0 radical (unpaired) electrons. The largest absolute Gasteiger partial charge is 0.384 e. The zero-order chi connectivity index (χ0) is 20.6. The number of nitrogens with one attached hydrogen (secondary N) is 1. The van der Waals surface area contributed by atoms with Crippen molar-refractivity contribution in [2.75, 3.05) is 11.9 Å². The van der Waals surface area contributed by atoms with Gasteiger partial charge in [-0.05, 0) is 86.5 Å². The van der Waals surface area contributed by atoms with E-state index in [0.29, 0.717) is 11.3 Å². The highest BCUT2D eigenvalue weighted by Gasteiger charge is 2.47. The molecule has 30 heavy (non-hydrogen) atoms. The van der Waals surface area contributed by atoms with Crippen LogP contribution in [0.4, 0.5) is 5.69 Å². The third-order valence-electron chi connectivity index (χ3n) is 8.94. The highest BCUT2D eigenvalue weighted by atomic mass is 35.5. The second-order valence-electron chi connectivity index (χ2n) is 10.3. The lowest BCUT2D eigenvalue weighted by molar-refractivity contribution is 0.102. The van der Waals surface area contributed by atoms with Crippen LogP contribution in [0.3, 0.4) is 0 Å². The monoisotopic (exact) mass is 424 g/mol. The highest BCUT2D eigenvalue weighted by molar-refractivity contribution is 6.31. The van der Waals surface area contributed by atoms with Crippen molar-refractivity contribution >= 4 is 28.2 Å². The van der Waals surface area contributed by atoms with E-state index in [-0.39, 0.29) is 0 Å². The van der Waals surface area contributed by atoms with Gasteiger partial charge in [-0.3, -0.25) is 4.98 Å². The summed E-state index contributed by atoms with van der Waals surface area (Å²) in [6.07, 6.45) is 16.7. The molecule has 2 aromatic rings. The maximum atomic E-state index is 6.33. The molecule has 3 fully saturated rings. The second kappa shape index (κ2) is 8.69. The molecule has 1 aromatic carbocycles. The van der Waals surface area contributed by atoms with Crippen molar-refractivity contribution in [3.8, 4) is 0 Å². The van der Waals surface area contributed by atoms with Crippen molar-refractivity contribution in [2.45, 2.75) is 89.9 Å². The fraction of sp³-hybridized carbons (Fsp3) is 0.667. The first-order valence-corrected chi connectivity index (χ1v) is 12.9. The van der Waals surface area contributed by atoms with E-state index in [9.17, 15) is 0 Å². The van der Waals surface area contributed by atoms with Crippen LogP contribution in [0.25, 0.3) is 10.9 Å². The maximum Gasteiger partial charge on any atom is 0.0741 e. The molecule has 0 amide bonds. The van der Waals surface area contributed by atoms with Crippen LogP contribution in [-0.4, -0.2) is 11.5 Å². The number of hydrogen-bond acceptors (Lipinski definition) is 2. The fourth-order valence-corrected chi connectivity index (χ4v) is 7.47. The number of aromatic nitrogens is 1. The Balaban J connectivity index is 1.43. The van der Waals surface area contributed by atoms with E-state index >= 15 is 0 Å². The van der Waals surface area contributed by atoms with Crippen molar-refractivity contribution in [3.63, 3.8) is 0 Å². The third kappa shape index (κ3) is 3.74. The molecule has 5 rings (SSSR count). The Labute approximate surface area is 187 Å². The topological polar surface area (TPSA) is 24.9 Å². The first-order valence-electron chi connectivity index (χ1n) is 12.5. The van der Waals surface area contributed by atoms with E-state index in [1.807, 2.05) is 12.1 Å². The number of rotatable bonds is 6. The Bertz CT molecular complexity index is 882. The average molecular weight is 425 g/mol. The molecule has 162 valence electrons. The van der Waals surface area contributed by atoms with Gasteiger partial charge in [-0.2, -0.15) is 0 Å². The SMILES string of the molecule is CCC1(C2CCCC2)CCCC1CNc1cc(C2CCCC2)nc2cc(Cl)ccc12. The van der Waals surface area contributed by atoms with Gasteiger partial charge in [0.05, 0.1) is 5.52 Å². The number of pyridine rings is 1. The number of hydrogen-bond donors (Lipinski definition) is 1. The van der Waals surface area contributed by atoms with Crippen molar-refractivity contribution < 1.29 is 0 Å². The normalized spacial score (nSPS) is 28.0. The second-order valence-corrected chi connectivity index (χ2v) is 10.7. The van der Waals surface area contributed by atoms with E-state index < -0.39 is 0 Å². The van der Waals surface area contributed by atoms with Crippen molar-refractivity contribution in [2.24, 2.45) is 17.3 Å². The lowest BCUT2D eigenvalue weighted by Gasteiger charge is -2.41. The summed E-state index contributed by atoms with van der Waals surface area (Å²) >= 11 is 6.33. The van der Waals surface area contributed by atoms with Gasteiger partial charge in [0.1, 0.15) is 0 Å². The minimum absolute atomic E-state index is 0.573. The molecule has 0 saturated heterocycles. The molecule has 3 aliphatic carbocycles. The van der Waals surface area contributed by atoms with E-state index in [2.05, 4.69) is 24.4 Å². The molecule has 0 aliphatic heterocycles. The van der Waals surface area contributed by atoms with Crippen LogP contribution < -0.4 is 5.32 Å². The molecule has 3 saturated carbocycles. The van der Waals surface area contributed by atoms with Crippen LogP contribution in [0.5, 0.6) is 0 Å². The average Bonchev–Trinajstić information content (AvgIpc) is 3.53. The molecule has 2 atom stereocenters. The van der Waals surface area contributed by atoms with Crippen molar-refractivity contribution in [3.05, 3.63) is 35.0 Å². The number of nitrogens with zero attached hydrogens (tertiary/aromatic N) is 1. The Hall–Kier alpha value is -1.28. The lowest BCUT2D eigenvalue weighted by Crippen LogP contribution is -2.36. The molecule has 2 unspecified atom stereocenters. The summed E-state index contributed by atoms with van der Waals surface area (Å²) < 4.78 is 0. The zero-order valence-corrected chi connectivity index (χ0v) is 19.3. The first-order chi connectivity index (χ1) is 14.7. The summed E-state index contributed by atoms with van der Waals surface area (Å²) in [5.41, 5.74) is 4.18. The Kier molecular flexibility index (Phi) is 5.97. The van der Waals surface area contributed by atoms with E-state index in [1.165, 1.54) is 93.8 Å². The Morgan fingerprint density at radius 3 is 2.53 bits per heavy atom. The van der Waals surface area contributed by atoms with E-state index in [1.54, 1.807) is 0 Å². The van der Waals surface area contributed by atoms with Gasteiger partial charge in [-0.25, -0.2) is 0 Å². The smallest absolute Gasteiger partial charge is 0.0741 e. The van der Waals surface area contributed by atoms with Crippen LogP contribution in [0.2, 0.25) is 5.02 Å². The molecule has 0 spiro atoms. The number of anilines is 1. The molecule has 1 aromatic heterocycles. The Morgan fingerprint density at radius 2 is 1.77 bits per heavy atom. The van der Waals surface area contributed by atoms with E-state index in [4.69, 9.17) is 16.6 Å². The predicted molar refractivity (Wildman–Crippen MR) is 128 cm³/mol. The molecule has 0 bridgehead atoms. The molecule has 3 aliphatic rings. The lowest BCUT2D eigenvalue weighted by atomic mass is 9.65. The van der Waals surface area contributed by atoms with Gasteiger partial charge in [0, 0.05) is 34.3 Å². The first kappa shape index (κ1) is 20.6. The summed E-state index contributed by atoms with van der Waals surface area (Å²) in [4.78, 5) is 5.04. The fourth-order valence-electron chi connectivity index (χ4n) is 7.30.